The van der Waals surface area contributed by atoms with E-state index in [4.69, 9.17) is 0 Å². The summed E-state index contributed by atoms with van der Waals surface area (Å²) >= 11 is 0. The van der Waals surface area contributed by atoms with Crippen LogP contribution in [0.1, 0.15) is 51.0 Å². The molecular weight excluding hydrogens is 508 g/mol. The number of aliphatic imine (C=N–C) groups is 1. The number of benzene rings is 1. The van der Waals surface area contributed by atoms with E-state index in [2.05, 4.69) is 25.3 Å². The maximum Gasteiger partial charge on any atom is 0.387 e. The lowest BCUT2D eigenvalue weighted by Crippen LogP contribution is -2.50. The van der Waals surface area contributed by atoms with Crippen LogP contribution >= 0.6 is 24.0 Å². The summed E-state index contributed by atoms with van der Waals surface area (Å²) in [6, 6.07) is 4.94. The van der Waals surface area contributed by atoms with Crippen molar-refractivity contribution in [2.75, 3.05) is 19.6 Å². The molecule has 3 rings (SSSR count). The third kappa shape index (κ3) is 7.18. The number of alkyl halides is 2. The molecule has 2 N–H and O–H groups in total. The van der Waals surface area contributed by atoms with Gasteiger partial charge in [0.05, 0.1) is 12.1 Å². The van der Waals surface area contributed by atoms with Crippen molar-refractivity contribution in [1.29, 1.82) is 0 Å². The third-order valence-corrected chi connectivity index (χ3v) is 5.74. The Morgan fingerprint density at radius 2 is 1.90 bits per heavy atom. The van der Waals surface area contributed by atoms with Gasteiger partial charge in [0.25, 0.3) is 0 Å². The largest absolute Gasteiger partial charge is 0.434 e. The smallest absolute Gasteiger partial charge is 0.387 e. The van der Waals surface area contributed by atoms with E-state index in [0.717, 1.165) is 32.0 Å². The van der Waals surface area contributed by atoms with Gasteiger partial charge in [0.2, 0.25) is 0 Å². The molecule has 9 heteroatoms. The van der Waals surface area contributed by atoms with Crippen LogP contribution in [0.4, 0.5) is 13.2 Å². The van der Waals surface area contributed by atoms with Gasteiger partial charge in [0.15, 0.2) is 5.96 Å². The number of rotatable bonds is 7. The van der Waals surface area contributed by atoms with E-state index < -0.39 is 12.4 Å². The molecule has 1 saturated heterocycles. The molecule has 0 spiro atoms. The fraction of sp³-hybridized carbons (Fsp3) is 0.667. The molecule has 1 heterocycles. The van der Waals surface area contributed by atoms with Crippen molar-refractivity contribution in [2.24, 2.45) is 4.99 Å². The predicted molar refractivity (Wildman–Crippen MR) is 123 cm³/mol. The van der Waals surface area contributed by atoms with Gasteiger partial charge in [-0.05, 0) is 44.7 Å². The zero-order valence-electron chi connectivity index (χ0n) is 17.4. The first-order chi connectivity index (χ1) is 14.1. The van der Waals surface area contributed by atoms with E-state index in [0.29, 0.717) is 18.5 Å². The summed E-state index contributed by atoms with van der Waals surface area (Å²) < 4.78 is 43.8. The molecular formula is C21H32F3IN4O. The monoisotopic (exact) mass is 540 g/mol. The number of guanidine groups is 1. The molecule has 1 aliphatic carbocycles. The Morgan fingerprint density at radius 1 is 1.20 bits per heavy atom. The van der Waals surface area contributed by atoms with E-state index in [-0.39, 0.29) is 41.8 Å². The van der Waals surface area contributed by atoms with Gasteiger partial charge in [-0.3, -0.25) is 0 Å². The topological polar surface area (TPSA) is 48.9 Å². The molecule has 1 aromatic carbocycles. The Bertz CT molecular complexity index is 678. The van der Waals surface area contributed by atoms with Crippen LogP contribution < -0.4 is 15.4 Å². The van der Waals surface area contributed by atoms with Crippen molar-refractivity contribution in [2.45, 2.75) is 70.7 Å². The van der Waals surface area contributed by atoms with Crippen LogP contribution in [0.5, 0.6) is 5.75 Å². The number of hydrogen-bond donors (Lipinski definition) is 2. The van der Waals surface area contributed by atoms with Crippen LogP contribution in [0.2, 0.25) is 0 Å². The first-order valence-electron chi connectivity index (χ1n) is 10.6. The van der Waals surface area contributed by atoms with Gasteiger partial charge in [0.1, 0.15) is 11.6 Å². The Hall–Kier alpha value is -1.23. The number of nitrogens with zero attached hydrogens (tertiary/aromatic N) is 2. The van der Waals surface area contributed by atoms with Gasteiger partial charge in [-0.15, -0.1) is 24.0 Å². The minimum atomic E-state index is -3.00. The van der Waals surface area contributed by atoms with Gasteiger partial charge in [-0.25, -0.2) is 9.38 Å². The minimum absolute atomic E-state index is 0. The number of nitrogens with one attached hydrogen (secondary N) is 2. The fourth-order valence-corrected chi connectivity index (χ4v) is 4.25. The van der Waals surface area contributed by atoms with Gasteiger partial charge >= 0.3 is 6.61 Å². The quantitative estimate of drug-likeness (QED) is 0.304. The first kappa shape index (κ1) is 25.0. The van der Waals surface area contributed by atoms with Crippen molar-refractivity contribution in [3.63, 3.8) is 0 Å². The summed E-state index contributed by atoms with van der Waals surface area (Å²) in [5.74, 6) is -0.213. The molecule has 0 radical (unpaired) electrons. The fourth-order valence-electron chi connectivity index (χ4n) is 4.25. The molecule has 2 fully saturated rings. The summed E-state index contributed by atoms with van der Waals surface area (Å²) in [4.78, 5) is 7.02. The van der Waals surface area contributed by atoms with Crippen LogP contribution in [-0.4, -0.2) is 49.2 Å². The summed E-state index contributed by atoms with van der Waals surface area (Å²) in [6.07, 6.45) is 7.36. The Balaban J connectivity index is 0.00000320. The number of halogens is 4. The van der Waals surface area contributed by atoms with Crippen molar-refractivity contribution in [1.82, 2.24) is 15.5 Å². The Labute approximate surface area is 193 Å². The minimum Gasteiger partial charge on any atom is -0.434 e. The highest BCUT2D eigenvalue weighted by Gasteiger charge is 2.27. The lowest BCUT2D eigenvalue weighted by molar-refractivity contribution is -0.0506. The molecule has 0 aromatic heterocycles. The third-order valence-electron chi connectivity index (χ3n) is 5.74. The van der Waals surface area contributed by atoms with Crippen molar-refractivity contribution >= 4 is 29.9 Å². The average Bonchev–Trinajstić information content (AvgIpc) is 3.22. The van der Waals surface area contributed by atoms with Crippen LogP contribution in [0.3, 0.4) is 0 Å². The lowest BCUT2D eigenvalue weighted by atomic mass is 10.0. The molecule has 1 aliphatic heterocycles. The maximum atomic E-state index is 14.1. The normalized spacial score (nSPS) is 19.0. The van der Waals surface area contributed by atoms with Crippen LogP contribution in [0, 0.1) is 5.82 Å². The molecule has 1 saturated carbocycles. The SMILES string of the molecule is CCNC(=NCc1c(F)cccc1OC(F)F)NC1CCN(C2CCCC2)CC1.I. The average molecular weight is 540 g/mol. The number of hydrogen-bond acceptors (Lipinski definition) is 3. The van der Waals surface area contributed by atoms with Gasteiger partial charge in [0, 0.05) is 31.7 Å². The molecule has 5 nitrogen and oxygen atoms in total. The molecule has 0 amide bonds. The zero-order valence-corrected chi connectivity index (χ0v) is 19.7. The maximum absolute atomic E-state index is 14.1. The van der Waals surface area contributed by atoms with Gasteiger partial charge in [-0.1, -0.05) is 18.9 Å². The lowest BCUT2D eigenvalue weighted by Gasteiger charge is -2.36. The predicted octanol–water partition coefficient (Wildman–Crippen LogP) is 4.51. The molecule has 0 bridgehead atoms. The molecule has 30 heavy (non-hydrogen) atoms. The van der Waals surface area contributed by atoms with E-state index in [1.54, 1.807) is 0 Å². The molecule has 0 unspecified atom stereocenters. The second-order valence-corrected chi connectivity index (χ2v) is 7.68. The summed E-state index contributed by atoms with van der Waals surface area (Å²) in [6.45, 7) is 1.67. The Morgan fingerprint density at radius 3 is 2.53 bits per heavy atom. The zero-order chi connectivity index (χ0) is 20.6. The van der Waals surface area contributed by atoms with Crippen LogP contribution in [0.25, 0.3) is 0 Å². The second kappa shape index (κ2) is 12.6. The van der Waals surface area contributed by atoms with Gasteiger partial charge < -0.3 is 20.3 Å². The second-order valence-electron chi connectivity index (χ2n) is 7.68. The highest BCUT2D eigenvalue weighted by molar-refractivity contribution is 14.0. The van der Waals surface area contributed by atoms with E-state index in [9.17, 15) is 13.2 Å². The van der Waals surface area contributed by atoms with E-state index in [1.807, 2.05) is 6.92 Å². The molecule has 170 valence electrons. The molecule has 1 aromatic rings. The highest BCUT2D eigenvalue weighted by Crippen LogP contribution is 2.26. The Kier molecular flexibility index (Phi) is 10.5. The summed E-state index contributed by atoms with van der Waals surface area (Å²) in [5.41, 5.74) is 0.0288. The van der Waals surface area contributed by atoms with Crippen molar-refractivity contribution < 1.29 is 17.9 Å². The van der Waals surface area contributed by atoms with Crippen molar-refractivity contribution in [3.05, 3.63) is 29.6 Å². The number of piperidine rings is 1. The highest BCUT2D eigenvalue weighted by atomic mass is 127. The van der Waals surface area contributed by atoms with Crippen molar-refractivity contribution in [3.8, 4) is 5.75 Å². The summed E-state index contributed by atoms with van der Waals surface area (Å²) in [5, 5.41) is 6.58. The number of likely N-dealkylation sites (tertiary alicyclic amines) is 1. The molecule has 0 atom stereocenters. The van der Waals surface area contributed by atoms with Gasteiger partial charge in [-0.2, -0.15) is 8.78 Å². The standard InChI is InChI=1S/C21H31F3N4O.HI/c1-2-25-21(26-14-17-18(22)8-5-9-19(17)29-20(23)24)27-15-10-12-28(13-11-15)16-6-3-4-7-16;/h5,8-9,15-16,20H,2-4,6-7,10-14H2,1H3,(H2,25,26,27);1H. The molecule has 2 aliphatic rings. The van der Waals surface area contributed by atoms with E-state index in [1.165, 1.54) is 43.9 Å². The number of ether oxygens (including phenoxy) is 1. The summed E-state index contributed by atoms with van der Waals surface area (Å²) in [7, 11) is 0. The van der Waals surface area contributed by atoms with E-state index >= 15 is 0 Å². The van der Waals surface area contributed by atoms with Crippen LogP contribution in [0.15, 0.2) is 23.2 Å². The van der Waals surface area contributed by atoms with Crippen LogP contribution in [-0.2, 0) is 6.54 Å². The first-order valence-corrected chi connectivity index (χ1v) is 10.6.